The molecule has 0 saturated carbocycles. The molecule has 4 aromatic rings. The summed E-state index contributed by atoms with van der Waals surface area (Å²) in [7, 11) is 2.92. The van der Waals surface area contributed by atoms with Crippen molar-refractivity contribution in [2.24, 2.45) is 14.1 Å². The zero-order valence-electron chi connectivity index (χ0n) is 18.6. The lowest BCUT2D eigenvalue weighted by molar-refractivity contribution is -0.132. The van der Waals surface area contributed by atoms with E-state index in [4.69, 9.17) is 4.52 Å². The first-order valence-corrected chi connectivity index (χ1v) is 11.2. The molecule has 0 spiro atoms. The van der Waals surface area contributed by atoms with Crippen LogP contribution >= 0.6 is 11.3 Å². The Balaban J connectivity index is 1.32. The number of nitrogens with zero attached hydrogens (tertiary/aromatic N) is 7. The van der Waals surface area contributed by atoms with Gasteiger partial charge in [0.25, 0.3) is 11.5 Å². The predicted molar refractivity (Wildman–Crippen MR) is 121 cm³/mol. The Hall–Kier alpha value is -4.07. The Bertz CT molecular complexity index is 1570. The average molecular weight is 484 g/mol. The second kappa shape index (κ2) is 8.06. The first-order chi connectivity index (χ1) is 16.2. The van der Waals surface area contributed by atoms with Gasteiger partial charge in [0.15, 0.2) is 22.0 Å². The molecule has 0 saturated heterocycles. The van der Waals surface area contributed by atoms with Crippen molar-refractivity contribution in [1.82, 2.24) is 33.7 Å². The molecule has 0 fully saturated rings. The maximum absolute atomic E-state index is 13.0. The van der Waals surface area contributed by atoms with E-state index in [1.807, 2.05) is 0 Å². The number of aromatic nitrogens is 6. The first kappa shape index (κ1) is 21.8. The average Bonchev–Trinajstić information content (AvgIpc) is 3.53. The summed E-state index contributed by atoms with van der Waals surface area (Å²) in [6, 6.07) is 1.54. The maximum Gasteiger partial charge on any atom is 0.332 e. The molecule has 2 amide bonds. The van der Waals surface area contributed by atoms with Crippen molar-refractivity contribution in [3.8, 4) is 0 Å². The summed E-state index contributed by atoms with van der Waals surface area (Å²) < 4.78 is 8.66. The number of rotatable bonds is 4. The number of thiazole rings is 1. The van der Waals surface area contributed by atoms with E-state index in [9.17, 15) is 19.2 Å². The smallest absolute Gasteiger partial charge is 0.332 e. The van der Waals surface area contributed by atoms with Gasteiger partial charge in [-0.25, -0.2) is 14.8 Å². The summed E-state index contributed by atoms with van der Waals surface area (Å²) in [4.78, 5) is 61.2. The second-order valence-corrected chi connectivity index (χ2v) is 9.07. The van der Waals surface area contributed by atoms with Crippen molar-refractivity contribution >= 4 is 39.4 Å². The second-order valence-electron chi connectivity index (χ2n) is 7.98. The van der Waals surface area contributed by atoms with Crippen LogP contribution in [0.3, 0.4) is 0 Å². The van der Waals surface area contributed by atoms with Gasteiger partial charge in [-0.3, -0.25) is 28.8 Å². The molecule has 14 heteroatoms. The predicted octanol–water partition coefficient (Wildman–Crippen LogP) is 0.0238. The van der Waals surface area contributed by atoms with Crippen LogP contribution in [0.2, 0.25) is 0 Å². The number of nitrogens with one attached hydrogen (secondary N) is 1. The minimum atomic E-state index is -0.505. The molecular weight excluding hydrogens is 464 g/mol. The molecular formula is C20H20N8O5S. The highest BCUT2D eigenvalue weighted by atomic mass is 32.1. The minimum absolute atomic E-state index is 0.0901. The first-order valence-electron chi connectivity index (χ1n) is 10.3. The number of amides is 2. The van der Waals surface area contributed by atoms with Crippen LogP contribution in [0.15, 0.2) is 26.5 Å². The van der Waals surface area contributed by atoms with Crippen molar-refractivity contribution in [2.75, 3.05) is 11.9 Å². The van der Waals surface area contributed by atoms with E-state index >= 15 is 0 Å². The molecule has 5 rings (SSSR count). The molecule has 0 aromatic carbocycles. The van der Waals surface area contributed by atoms with Crippen molar-refractivity contribution in [3.05, 3.63) is 55.3 Å². The molecule has 0 radical (unpaired) electrons. The van der Waals surface area contributed by atoms with Crippen LogP contribution in [0.4, 0.5) is 5.13 Å². The zero-order valence-corrected chi connectivity index (χ0v) is 19.4. The van der Waals surface area contributed by atoms with E-state index in [0.717, 1.165) is 15.1 Å². The molecule has 1 aliphatic rings. The summed E-state index contributed by atoms with van der Waals surface area (Å²) in [5.74, 6) is -0.0831. The van der Waals surface area contributed by atoms with Gasteiger partial charge in [0.2, 0.25) is 5.91 Å². The SMILES string of the molecule is Cc1cc(C(=O)Nc2nc3c(s2)CN(C(=O)Cn2cnc4c2c(=O)n(C)c(=O)n4C)CC3)no1. The quantitative estimate of drug-likeness (QED) is 0.426. The van der Waals surface area contributed by atoms with Crippen LogP contribution in [0, 0.1) is 6.92 Å². The zero-order chi connectivity index (χ0) is 24.1. The number of aryl methyl sites for hydroxylation is 2. The van der Waals surface area contributed by atoms with Gasteiger partial charge in [-0.15, -0.1) is 0 Å². The van der Waals surface area contributed by atoms with E-state index in [0.29, 0.717) is 30.4 Å². The van der Waals surface area contributed by atoms with E-state index in [1.54, 1.807) is 11.8 Å². The third kappa shape index (κ3) is 3.61. The van der Waals surface area contributed by atoms with E-state index in [-0.39, 0.29) is 29.3 Å². The largest absolute Gasteiger partial charge is 0.361 e. The van der Waals surface area contributed by atoms with E-state index in [1.165, 1.54) is 47.0 Å². The molecule has 34 heavy (non-hydrogen) atoms. The van der Waals surface area contributed by atoms with Gasteiger partial charge in [-0.2, -0.15) is 0 Å². The molecule has 5 heterocycles. The van der Waals surface area contributed by atoms with Gasteiger partial charge >= 0.3 is 5.69 Å². The van der Waals surface area contributed by atoms with Crippen LogP contribution < -0.4 is 16.6 Å². The van der Waals surface area contributed by atoms with Crippen LogP contribution in [0.5, 0.6) is 0 Å². The van der Waals surface area contributed by atoms with Crippen LogP contribution in [0.1, 0.15) is 26.8 Å². The molecule has 1 N–H and O–H groups in total. The fourth-order valence-electron chi connectivity index (χ4n) is 3.86. The summed E-state index contributed by atoms with van der Waals surface area (Å²) >= 11 is 1.30. The van der Waals surface area contributed by atoms with E-state index < -0.39 is 17.2 Å². The van der Waals surface area contributed by atoms with Crippen LogP contribution in [-0.4, -0.2) is 52.1 Å². The lowest BCUT2D eigenvalue weighted by Gasteiger charge is -2.26. The number of imidazole rings is 1. The molecule has 0 unspecified atom stereocenters. The number of fused-ring (bicyclic) bond motifs is 2. The Morgan fingerprint density at radius 2 is 2.03 bits per heavy atom. The monoisotopic (exact) mass is 484 g/mol. The van der Waals surface area contributed by atoms with Gasteiger partial charge in [-0.05, 0) is 6.92 Å². The Kier molecular flexibility index (Phi) is 5.16. The van der Waals surface area contributed by atoms with E-state index in [2.05, 4.69) is 20.4 Å². The normalized spacial score (nSPS) is 13.3. The summed E-state index contributed by atoms with van der Waals surface area (Å²) in [5, 5.41) is 6.84. The molecule has 4 aromatic heterocycles. The maximum atomic E-state index is 13.0. The number of hydrogen-bond acceptors (Lipinski definition) is 9. The van der Waals surface area contributed by atoms with Gasteiger partial charge in [0.1, 0.15) is 12.3 Å². The highest BCUT2D eigenvalue weighted by Crippen LogP contribution is 2.29. The fraction of sp³-hybridized carbons (Fsp3) is 0.350. The summed E-state index contributed by atoms with van der Waals surface area (Å²) in [6.07, 6.45) is 1.93. The highest BCUT2D eigenvalue weighted by molar-refractivity contribution is 7.15. The Morgan fingerprint density at radius 3 is 2.76 bits per heavy atom. The lowest BCUT2D eigenvalue weighted by atomic mass is 10.2. The fourth-order valence-corrected chi connectivity index (χ4v) is 4.88. The topological polar surface area (TPSA) is 150 Å². The number of carbonyl (C=O) groups excluding carboxylic acids is 2. The van der Waals surface area contributed by atoms with Crippen molar-refractivity contribution in [2.45, 2.75) is 26.4 Å². The molecule has 176 valence electrons. The van der Waals surface area contributed by atoms with Gasteiger partial charge in [-0.1, -0.05) is 16.5 Å². The van der Waals surface area contributed by atoms with Gasteiger partial charge in [0.05, 0.1) is 18.6 Å². The molecule has 0 atom stereocenters. The lowest BCUT2D eigenvalue weighted by Crippen LogP contribution is -2.39. The number of anilines is 1. The molecule has 13 nitrogen and oxygen atoms in total. The Morgan fingerprint density at radius 1 is 1.24 bits per heavy atom. The summed E-state index contributed by atoms with van der Waals surface area (Å²) in [6.45, 7) is 2.40. The standard InChI is InChI=1S/C20H20N8O5S/c1-10-6-12(24-33-10)17(30)23-19-22-11-4-5-27(7-13(11)34-19)14(29)8-28-9-21-16-15(28)18(31)26(3)20(32)25(16)2/h6,9H,4-5,7-8H2,1-3H3,(H,22,23,30). The summed E-state index contributed by atoms with van der Waals surface area (Å²) in [5.41, 5.74) is 0.434. The van der Waals surface area contributed by atoms with Crippen LogP contribution in [0.25, 0.3) is 11.2 Å². The van der Waals surface area contributed by atoms with Crippen molar-refractivity contribution in [3.63, 3.8) is 0 Å². The number of hydrogen-bond donors (Lipinski definition) is 1. The minimum Gasteiger partial charge on any atom is -0.361 e. The third-order valence-corrected chi connectivity index (χ3v) is 6.69. The molecule has 0 bridgehead atoms. The van der Waals surface area contributed by atoms with Crippen molar-refractivity contribution < 1.29 is 14.1 Å². The van der Waals surface area contributed by atoms with Gasteiger partial charge in [0, 0.05) is 38.0 Å². The third-order valence-electron chi connectivity index (χ3n) is 5.69. The Labute approximate surface area is 195 Å². The van der Waals surface area contributed by atoms with Crippen LogP contribution in [-0.2, 0) is 38.4 Å². The molecule has 1 aliphatic heterocycles. The number of carbonyl (C=O) groups is 2. The highest BCUT2D eigenvalue weighted by Gasteiger charge is 2.26. The van der Waals surface area contributed by atoms with Crippen molar-refractivity contribution in [1.29, 1.82) is 0 Å². The molecule has 0 aliphatic carbocycles. The van der Waals surface area contributed by atoms with Gasteiger partial charge < -0.3 is 14.0 Å².